The Labute approximate surface area is 168 Å². The molecule has 0 heterocycles. The Kier molecular flexibility index (Phi) is 6.67. The molecule has 0 aliphatic rings. The van der Waals surface area contributed by atoms with Gasteiger partial charge in [0.1, 0.15) is 0 Å². The third-order valence-electron chi connectivity index (χ3n) is 4.35. The summed E-state index contributed by atoms with van der Waals surface area (Å²) in [5.74, 6) is -1.08. The highest BCUT2D eigenvalue weighted by molar-refractivity contribution is 6.01. The molecule has 1 atom stereocenters. The smallest absolute Gasteiger partial charge is 0.416 e. The van der Waals surface area contributed by atoms with Crippen molar-refractivity contribution in [3.63, 3.8) is 0 Å². The van der Waals surface area contributed by atoms with Crippen molar-refractivity contribution in [2.75, 3.05) is 0 Å². The summed E-state index contributed by atoms with van der Waals surface area (Å²) in [6, 6.07) is 11.5. The second-order valence-corrected chi connectivity index (χ2v) is 7.72. The zero-order valence-corrected chi connectivity index (χ0v) is 16.7. The molecule has 0 aromatic heterocycles. The number of esters is 1. The summed E-state index contributed by atoms with van der Waals surface area (Å²) in [5, 5.41) is 0. The number of benzene rings is 2. The van der Waals surface area contributed by atoms with Gasteiger partial charge < -0.3 is 4.74 Å². The molecule has 0 unspecified atom stereocenters. The van der Waals surface area contributed by atoms with Crippen molar-refractivity contribution in [3.8, 4) is 0 Å². The topological polar surface area (TPSA) is 43.4 Å². The molecule has 6 heteroatoms. The Hall–Kier alpha value is -2.89. The summed E-state index contributed by atoms with van der Waals surface area (Å²) >= 11 is 0. The van der Waals surface area contributed by atoms with Crippen LogP contribution < -0.4 is 0 Å². The fraction of sp³-hybridized carbons (Fsp3) is 0.304. The van der Waals surface area contributed by atoms with Crippen LogP contribution in [0.4, 0.5) is 13.2 Å². The maximum Gasteiger partial charge on any atom is 0.416 e. The number of halogens is 3. The van der Waals surface area contributed by atoms with E-state index in [0.29, 0.717) is 11.1 Å². The molecule has 0 aliphatic heterocycles. The lowest BCUT2D eigenvalue weighted by Crippen LogP contribution is -2.23. The third-order valence-corrected chi connectivity index (χ3v) is 4.35. The first kappa shape index (κ1) is 22.4. The van der Waals surface area contributed by atoms with Gasteiger partial charge in [0.05, 0.1) is 5.56 Å². The molecular formula is C23H23F3O3. The van der Waals surface area contributed by atoms with E-state index in [1.165, 1.54) is 25.1 Å². The molecule has 2 aromatic carbocycles. The lowest BCUT2D eigenvalue weighted by molar-refractivity contribution is -0.140. The Balaban J connectivity index is 1.97. The Morgan fingerprint density at radius 1 is 0.897 bits per heavy atom. The summed E-state index contributed by atoms with van der Waals surface area (Å²) in [4.78, 5) is 24.4. The second kappa shape index (κ2) is 8.64. The first-order valence-electron chi connectivity index (χ1n) is 9.08. The Bertz CT molecular complexity index is 887. The molecule has 0 amide bonds. The van der Waals surface area contributed by atoms with Crippen molar-refractivity contribution in [1.82, 2.24) is 0 Å². The highest BCUT2D eigenvalue weighted by atomic mass is 19.4. The molecular weight excluding hydrogens is 381 g/mol. The monoisotopic (exact) mass is 404 g/mol. The fourth-order valence-electron chi connectivity index (χ4n) is 2.58. The summed E-state index contributed by atoms with van der Waals surface area (Å²) in [5.41, 5.74) is 1.12. The normalized spacial score (nSPS) is 13.3. The zero-order chi connectivity index (χ0) is 21.8. The van der Waals surface area contributed by atoms with Crippen LogP contribution in [0.25, 0.3) is 6.08 Å². The lowest BCUT2D eigenvalue weighted by atomic mass is 9.86. The van der Waals surface area contributed by atoms with Crippen LogP contribution in [0, 0.1) is 0 Å². The van der Waals surface area contributed by atoms with Gasteiger partial charge in [0, 0.05) is 11.6 Å². The maximum absolute atomic E-state index is 12.5. The first-order chi connectivity index (χ1) is 13.4. The molecule has 0 spiro atoms. The Morgan fingerprint density at radius 3 is 1.90 bits per heavy atom. The van der Waals surface area contributed by atoms with Crippen molar-refractivity contribution in [3.05, 3.63) is 76.9 Å². The summed E-state index contributed by atoms with van der Waals surface area (Å²) in [6.45, 7) is 7.68. The molecule has 29 heavy (non-hydrogen) atoms. The average Bonchev–Trinajstić information content (AvgIpc) is 2.64. The van der Waals surface area contributed by atoms with E-state index in [9.17, 15) is 22.8 Å². The highest BCUT2D eigenvalue weighted by Gasteiger charge is 2.29. The van der Waals surface area contributed by atoms with Gasteiger partial charge in [-0.25, -0.2) is 4.79 Å². The van der Waals surface area contributed by atoms with Crippen molar-refractivity contribution in [1.29, 1.82) is 0 Å². The van der Waals surface area contributed by atoms with Gasteiger partial charge in [0.2, 0.25) is 5.78 Å². The molecule has 154 valence electrons. The predicted octanol–water partition coefficient (Wildman–Crippen LogP) is 5.83. The van der Waals surface area contributed by atoms with Crippen LogP contribution in [0.2, 0.25) is 0 Å². The maximum atomic E-state index is 12.5. The molecule has 0 fully saturated rings. The van der Waals surface area contributed by atoms with Crippen LogP contribution in [0.5, 0.6) is 0 Å². The van der Waals surface area contributed by atoms with E-state index in [-0.39, 0.29) is 11.2 Å². The molecule has 0 radical (unpaired) electrons. The van der Waals surface area contributed by atoms with Crippen LogP contribution in [-0.4, -0.2) is 17.9 Å². The van der Waals surface area contributed by atoms with E-state index in [1.807, 2.05) is 12.1 Å². The molecule has 0 bridgehead atoms. The van der Waals surface area contributed by atoms with E-state index in [2.05, 4.69) is 20.8 Å². The van der Waals surface area contributed by atoms with Crippen molar-refractivity contribution in [2.24, 2.45) is 0 Å². The fourth-order valence-corrected chi connectivity index (χ4v) is 2.58. The quantitative estimate of drug-likeness (QED) is 0.358. The third kappa shape index (κ3) is 6.31. The number of hydrogen-bond donors (Lipinski definition) is 0. The molecule has 3 nitrogen and oxygen atoms in total. The minimum atomic E-state index is -4.41. The second-order valence-electron chi connectivity index (χ2n) is 7.72. The van der Waals surface area contributed by atoms with Gasteiger partial charge in [-0.05, 0) is 41.7 Å². The molecule has 0 saturated heterocycles. The number of carbonyl (C=O) groups excluding carboxylic acids is 2. The zero-order valence-electron chi connectivity index (χ0n) is 16.7. The van der Waals surface area contributed by atoms with Gasteiger partial charge >= 0.3 is 12.1 Å². The standard InChI is InChI=1S/C23H23F3O3/c1-15(21(28)17-8-12-18(13-9-17)22(2,3)4)29-20(27)14-7-16-5-10-19(11-6-16)23(24,25)26/h5-15H,1-4H3/b14-7+/t15-/m0/s1. The summed E-state index contributed by atoms with van der Waals surface area (Å²) in [7, 11) is 0. The van der Waals surface area contributed by atoms with Gasteiger partial charge in [0.25, 0.3) is 0 Å². The van der Waals surface area contributed by atoms with Crippen LogP contribution >= 0.6 is 0 Å². The molecule has 0 saturated carbocycles. The number of carbonyl (C=O) groups is 2. The van der Waals surface area contributed by atoms with Crippen LogP contribution in [0.1, 0.15) is 54.7 Å². The van der Waals surface area contributed by atoms with Gasteiger partial charge in [-0.15, -0.1) is 0 Å². The molecule has 0 N–H and O–H groups in total. The van der Waals surface area contributed by atoms with Crippen LogP contribution in [0.15, 0.2) is 54.6 Å². The number of Topliss-reactive ketones (excluding diaryl/α,β-unsaturated/α-hetero) is 1. The molecule has 2 aromatic rings. The number of ketones is 1. The number of hydrogen-bond acceptors (Lipinski definition) is 3. The lowest BCUT2D eigenvalue weighted by Gasteiger charge is -2.19. The number of alkyl halides is 3. The molecule has 0 aliphatic carbocycles. The largest absolute Gasteiger partial charge is 0.451 e. The summed E-state index contributed by atoms with van der Waals surface area (Å²) < 4.78 is 42.8. The van der Waals surface area contributed by atoms with Crippen LogP contribution in [-0.2, 0) is 21.1 Å². The van der Waals surface area contributed by atoms with E-state index in [4.69, 9.17) is 4.74 Å². The van der Waals surface area contributed by atoms with E-state index in [1.54, 1.807) is 12.1 Å². The Morgan fingerprint density at radius 2 is 1.41 bits per heavy atom. The van der Waals surface area contributed by atoms with E-state index >= 15 is 0 Å². The van der Waals surface area contributed by atoms with E-state index < -0.39 is 23.8 Å². The molecule has 2 rings (SSSR count). The summed E-state index contributed by atoms with van der Waals surface area (Å²) in [6.07, 6.45) is -2.99. The highest BCUT2D eigenvalue weighted by Crippen LogP contribution is 2.29. The van der Waals surface area contributed by atoms with Gasteiger partial charge in [-0.2, -0.15) is 13.2 Å². The van der Waals surface area contributed by atoms with Gasteiger partial charge in [0.15, 0.2) is 6.10 Å². The van der Waals surface area contributed by atoms with Crippen LogP contribution in [0.3, 0.4) is 0 Å². The van der Waals surface area contributed by atoms with Crippen molar-refractivity contribution >= 4 is 17.8 Å². The number of rotatable bonds is 5. The SMILES string of the molecule is C[C@H](OC(=O)/C=C/c1ccc(C(F)(F)F)cc1)C(=O)c1ccc(C(C)(C)C)cc1. The van der Waals surface area contributed by atoms with Crippen molar-refractivity contribution < 1.29 is 27.5 Å². The van der Waals surface area contributed by atoms with Gasteiger partial charge in [-0.1, -0.05) is 57.2 Å². The van der Waals surface area contributed by atoms with Crippen molar-refractivity contribution in [2.45, 2.75) is 45.4 Å². The predicted molar refractivity (Wildman–Crippen MR) is 106 cm³/mol. The first-order valence-corrected chi connectivity index (χ1v) is 9.08. The average molecular weight is 404 g/mol. The minimum absolute atomic E-state index is 0.0389. The van der Waals surface area contributed by atoms with E-state index in [0.717, 1.165) is 23.8 Å². The van der Waals surface area contributed by atoms with Gasteiger partial charge in [-0.3, -0.25) is 4.79 Å². The minimum Gasteiger partial charge on any atom is -0.451 e. The number of ether oxygens (including phenoxy) is 1.